The first-order valence-electron chi connectivity index (χ1n) is 40.4. The van der Waals surface area contributed by atoms with Crippen molar-refractivity contribution in [1.82, 2.24) is 0 Å². The summed E-state index contributed by atoms with van der Waals surface area (Å²) in [5, 5.41) is 162. The molecule has 0 saturated carbocycles. The van der Waals surface area contributed by atoms with Gasteiger partial charge < -0.3 is 232 Å². The number of aliphatic hydroxyl groups is 9. The van der Waals surface area contributed by atoms with Gasteiger partial charge in [0.1, 0.15) is 82.8 Å². The van der Waals surface area contributed by atoms with Gasteiger partial charge in [0.05, 0.1) is 85.2 Å². The molecule has 13 aliphatic heterocycles. The third kappa shape index (κ3) is 75.8. The summed E-state index contributed by atoms with van der Waals surface area (Å²) < 4.78 is 84.1. The van der Waals surface area contributed by atoms with Crippen molar-refractivity contribution in [1.29, 1.82) is 0 Å². The highest BCUT2D eigenvalue weighted by Crippen LogP contribution is 2.29. The molecule has 18 heterocycles. The molecule has 9 N–H and O–H groups in total. The van der Waals surface area contributed by atoms with E-state index in [1.165, 1.54) is 147 Å². The van der Waals surface area contributed by atoms with Gasteiger partial charge in [0, 0.05) is 37.3 Å². The second-order valence-corrected chi connectivity index (χ2v) is 35.1. The molecule has 13 aliphatic rings. The first-order valence-corrected chi connectivity index (χ1v) is 53.6. The van der Waals surface area contributed by atoms with Crippen LogP contribution in [0.25, 0.3) is 0 Å². The van der Waals surface area contributed by atoms with Crippen LogP contribution in [0.3, 0.4) is 0 Å². The number of carboxylic acid groups (broad SMARTS) is 5. The minimum absolute atomic E-state index is 0.0284. The van der Waals surface area contributed by atoms with Crippen LogP contribution in [0.15, 0.2) is 220 Å². The van der Waals surface area contributed by atoms with Crippen LogP contribution in [-0.2, 0) is 92.8 Å². The summed E-state index contributed by atoms with van der Waals surface area (Å²) in [7, 11) is 0. The Labute approximate surface area is 873 Å². The molecule has 3 saturated heterocycles. The number of carboxylic acids is 5. The number of rotatable bonds is 18. The van der Waals surface area contributed by atoms with Crippen molar-refractivity contribution in [2.24, 2.45) is 0 Å². The van der Waals surface area contributed by atoms with Crippen LogP contribution in [0, 0.1) is 83.8 Å². The second kappa shape index (κ2) is 88.6. The Kier molecular flexibility index (Phi) is 84.3. The van der Waals surface area contributed by atoms with Crippen LogP contribution in [0.2, 0.25) is 0 Å². The lowest BCUT2D eigenvalue weighted by molar-refractivity contribution is -0.490. The molecule has 3 fully saturated rings. The largest absolute Gasteiger partial charge is 0.873 e. The summed E-state index contributed by atoms with van der Waals surface area (Å²) in [5.74, 6) is -7.26. The highest BCUT2D eigenvalue weighted by molar-refractivity contribution is 8.02. The lowest BCUT2D eigenvalue weighted by Gasteiger charge is -2.17. The molecular formula is C91H112O40S11-20. The van der Waals surface area contributed by atoms with Crippen molar-refractivity contribution in [3.63, 3.8) is 0 Å². The Hall–Kier alpha value is -8.93. The molecule has 0 aromatic carbocycles. The summed E-state index contributed by atoms with van der Waals surface area (Å²) in [6.45, 7) is 13.8. The Morgan fingerprint density at radius 1 is 0.634 bits per heavy atom. The Balaban J connectivity index is 0. The highest BCUT2D eigenvalue weighted by Gasteiger charge is 2.34. The second-order valence-electron chi connectivity index (χ2n) is 25.5. The zero-order valence-electron chi connectivity index (χ0n) is 78.0. The molecular weight excluding hydrogens is 2090 g/mol. The lowest BCUT2D eigenvalue weighted by atomic mass is 10.2. The predicted molar refractivity (Wildman–Crippen MR) is 523 cm³/mol. The molecule has 19 unspecified atom stereocenters. The maximum Gasteiger partial charge on any atom is 0.166 e. The van der Waals surface area contributed by atoms with E-state index in [2.05, 4.69) is 91.2 Å². The number of epoxide rings is 1. The Morgan fingerprint density at radius 3 is 1.45 bits per heavy atom. The number of carbonyl (C=O) groups is 5. The lowest BCUT2D eigenvalue weighted by Crippen LogP contribution is -2.42. The first kappa shape index (κ1) is 135. The van der Waals surface area contributed by atoms with Gasteiger partial charge in [0.2, 0.25) is 0 Å². The number of ether oxygens (including phenoxy) is 11. The van der Waals surface area contributed by atoms with Gasteiger partial charge in [0.15, 0.2) is 6.10 Å². The molecule has 19 atom stereocenters. The molecule has 802 valence electrons. The molecule has 40 nitrogen and oxygen atoms in total. The molecule has 5 aromatic heterocycles. The van der Waals surface area contributed by atoms with E-state index in [4.69, 9.17) is 88.3 Å². The maximum absolute atomic E-state index is 10.4. The first-order chi connectivity index (χ1) is 68.0. The number of aldehydes is 2. The van der Waals surface area contributed by atoms with Crippen molar-refractivity contribution >= 4 is 173 Å². The summed E-state index contributed by atoms with van der Waals surface area (Å²) in [4.78, 5) is 50.2. The maximum atomic E-state index is 10.4. The van der Waals surface area contributed by atoms with E-state index in [0.717, 1.165) is 42.3 Å². The fourth-order valence-corrected chi connectivity index (χ4v) is 12.2. The number of thioether (sulfide) groups is 10. The molecule has 51 heteroatoms. The number of aromatic carboxylic acids is 1. The van der Waals surface area contributed by atoms with E-state index in [1.54, 1.807) is 163 Å². The summed E-state index contributed by atoms with van der Waals surface area (Å²) >= 11 is 20.2. The van der Waals surface area contributed by atoms with Crippen LogP contribution in [0.4, 0.5) is 0 Å². The van der Waals surface area contributed by atoms with Gasteiger partial charge >= 0.3 is 0 Å². The predicted octanol–water partition coefficient (Wildman–Crippen LogP) is 3.63. The van der Waals surface area contributed by atoms with Crippen molar-refractivity contribution < 1.29 is 194 Å². The van der Waals surface area contributed by atoms with E-state index < -0.39 is 91.1 Å². The monoisotopic (exact) mass is 2200 g/mol. The van der Waals surface area contributed by atoms with Crippen molar-refractivity contribution in [2.45, 2.75) is 167 Å². The van der Waals surface area contributed by atoms with Crippen LogP contribution in [0.1, 0.15) is 56.0 Å². The van der Waals surface area contributed by atoms with Crippen LogP contribution >= 0.6 is 118 Å². The molecule has 0 bridgehead atoms. The third-order valence-electron chi connectivity index (χ3n) is 14.9. The summed E-state index contributed by atoms with van der Waals surface area (Å²) in [5.41, 5.74) is 1.07. The summed E-state index contributed by atoms with van der Waals surface area (Å²) in [6.07, 6.45) is 55.6. The van der Waals surface area contributed by atoms with Gasteiger partial charge in [-0.1, -0.05) is 23.2 Å². The topological polar surface area (TPSA) is 648 Å². The number of hydrogen-bond acceptors (Lipinski definition) is 49. The quantitative estimate of drug-likeness (QED) is 0.0151. The van der Waals surface area contributed by atoms with Crippen molar-refractivity contribution in [2.75, 3.05) is 62.6 Å². The van der Waals surface area contributed by atoms with E-state index in [-0.39, 0.29) is 56.5 Å². The van der Waals surface area contributed by atoms with E-state index in [9.17, 15) is 64.8 Å². The fourth-order valence-electron chi connectivity index (χ4n) is 7.89. The smallest absolute Gasteiger partial charge is 0.166 e. The average molecular weight is 2200 g/mol. The average Bonchev–Trinajstić information content (AvgIpc) is 1.73. The zero-order valence-corrected chi connectivity index (χ0v) is 86.9. The standard InChI is InChI=1S/2C6H10O4S.C6H8O3S.C5H6O4.C5H4O3.C5H9O2S.C5H8O2S.2C5H7OS.C5H5OS.C5H7O.C4H5O3.2C4H5O2.C4H4O2.C4H4OS.C4H3O.C3H5OS.C3H3OS.C3H5O/c1-11-4-2-3(7)5(10-4)6(8)9;1-11-3-2-4(7)5(8)6(9)10;1-10-5-3-2-4(9-5)6(7)8;6-3-1-2-9-4(3)5(7)8;6-5(7)4-2-1-3-8-4;2*1-8-5-2-4(6)3-7-5;3*1-7-5-3-2-4-6-5;1-5-3-2-4-6-5;5-3-1-2-7-4(3)6;2*5-4-1-2-6-3-4;5-4-2-1-3-6-4;6-4-2-1-3-5-4;1-2-4-5-3-1;2*1-5-3-2-4-3;1-2-3-4/h3-5,7H,2H2,1H3,(H,8,9);2-5,7-8H,1H3,(H,9,10);2,5H,3H2,1H3,(H,7,8);1-4,6H,(H,7,8);1-3H,(H,6,7);3-6H,2H2,1H3;3,5-6H,2H2,1H3;2,5H,3H2,1H3;2-5H,1H3;2-3H,1H3;2,5H,3H2,1H3;1-5H;2*1-5H;1-3,5H;1-3,6H;1-3H;2-3H,1H3;1H3;2-4H,1H2/q;;;;;-1;;7*-1;;;4*-1/p-8/b;3-2+;;;;;;;;;;;;;;;;;;. The number of aliphatic carboxylic acids is 4. The molecule has 0 radical (unpaired) electrons. The Morgan fingerprint density at radius 2 is 1.24 bits per heavy atom. The van der Waals surface area contributed by atoms with Gasteiger partial charge in [-0.15, -0.1) is 114 Å². The minimum Gasteiger partial charge on any atom is -0.873 e. The molecule has 18 rings (SSSR count). The number of aliphatic hydroxyl groups excluding tert-OH is 9. The van der Waals surface area contributed by atoms with Crippen molar-refractivity contribution in [3.8, 4) is 5.95 Å². The van der Waals surface area contributed by atoms with Gasteiger partial charge in [0.25, 0.3) is 0 Å². The molecule has 142 heavy (non-hydrogen) atoms. The third-order valence-corrected chi connectivity index (χ3v) is 22.3. The van der Waals surface area contributed by atoms with Crippen molar-refractivity contribution in [3.05, 3.63) is 277 Å². The molecule has 0 spiro atoms. The van der Waals surface area contributed by atoms with Crippen LogP contribution in [0.5, 0.6) is 5.95 Å². The normalized spacial score (nSPS) is 23.9. The molecule has 5 aromatic rings. The van der Waals surface area contributed by atoms with E-state index in [0.29, 0.717) is 41.3 Å². The van der Waals surface area contributed by atoms with E-state index >= 15 is 0 Å². The minimum atomic E-state index is -1.85. The Bertz CT molecular complexity index is 4140. The van der Waals surface area contributed by atoms with Gasteiger partial charge in [-0.2, -0.15) is 54.9 Å². The fraction of sp³-hybridized carbons (Fsp3) is 0.396. The van der Waals surface area contributed by atoms with Gasteiger partial charge in [-0.05, 0) is 202 Å². The van der Waals surface area contributed by atoms with E-state index in [1.807, 2.05) is 93.9 Å². The van der Waals surface area contributed by atoms with Crippen LogP contribution < -0.4 is 40.9 Å². The highest BCUT2D eigenvalue weighted by atomic mass is 32.2. The molecule has 0 aliphatic carbocycles. The SMILES string of the molecule is C=C[CH-]O.CC1CC=[C-]O1.CS/C=C/C(O)C(O)C(=O)[O-].CSC1=[C-]O1.CSC1C=C[CH-]O1.CSC1CC(O)C(C(=O)[O-])O1.CSC1CC(O)[CH-]O1.CSC1CC([O-])=CO1.CSC1CC=C(C(=O)[O-])O1.CSC1CC=[C-]O1.CSC1[CH-]O1.CSc1cc[c-]o1.O=C([O-])C1OC=CC1O.O=C([O-])c1ccco1.OC1[CH-]C=[O+][CH-]1.OC1[CH-]C=[O+][CH-]1.[O-]C1OC=CC1O.[O-]c1ccco1.[S-]c1ccco1.[c-]1ccco1. The zero-order chi connectivity index (χ0) is 107. The number of hydrogen-bond donors (Lipinski definition) is 9. The number of carbonyl (C=O) groups excluding carboxylic acids is 7. The summed E-state index contributed by atoms with van der Waals surface area (Å²) in [6, 6.07) is 16.4. The molecule has 0 amide bonds. The van der Waals surface area contributed by atoms with Crippen LogP contribution in [-0.4, -0.2) is 262 Å². The van der Waals surface area contributed by atoms with Gasteiger partial charge in [-0.3, -0.25) is 0 Å². The number of furan rings is 5. The van der Waals surface area contributed by atoms with Gasteiger partial charge in [-0.25, -0.2) is 42.6 Å².